The van der Waals surface area contributed by atoms with Gasteiger partial charge in [0, 0.05) is 32.4 Å². The molecule has 2 aromatic heterocycles. The molecule has 0 spiro atoms. The zero-order valence-corrected chi connectivity index (χ0v) is 15.0. The number of hydrogen-bond donors (Lipinski definition) is 2. The van der Waals surface area contributed by atoms with Crippen molar-refractivity contribution in [2.24, 2.45) is 0 Å². The number of amides is 1. The summed E-state index contributed by atoms with van der Waals surface area (Å²) in [4.78, 5) is 26.7. The number of aromatic nitrogens is 3. The molecule has 1 aliphatic heterocycles. The molecule has 1 aliphatic rings. The van der Waals surface area contributed by atoms with Crippen LogP contribution < -0.4 is 16.0 Å². The van der Waals surface area contributed by atoms with Crippen molar-refractivity contribution in [1.29, 1.82) is 0 Å². The van der Waals surface area contributed by atoms with Crippen LogP contribution in [-0.2, 0) is 10.0 Å². The van der Waals surface area contributed by atoms with E-state index < -0.39 is 15.9 Å². The van der Waals surface area contributed by atoms with E-state index in [9.17, 15) is 13.2 Å². The van der Waals surface area contributed by atoms with Gasteiger partial charge in [-0.2, -0.15) is 4.31 Å². The molecule has 138 valence electrons. The highest BCUT2D eigenvalue weighted by Crippen LogP contribution is 2.18. The van der Waals surface area contributed by atoms with Crippen LogP contribution in [0.5, 0.6) is 0 Å². The van der Waals surface area contributed by atoms with Crippen molar-refractivity contribution in [2.75, 3.05) is 48.4 Å². The summed E-state index contributed by atoms with van der Waals surface area (Å²) in [5, 5.41) is 2.62. The van der Waals surface area contributed by atoms with Crippen LogP contribution in [0, 0.1) is 0 Å². The third-order valence-corrected chi connectivity index (χ3v) is 5.24. The zero-order valence-electron chi connectivity index (χ0n) is 14.2. The molecule has 2 aromatic rings. The van der Waals surface area contributed by atoms with E-state index >= 15 is 0 Å². The number of nitrogens with zero attached hydrogens (tertiary/aromatic N) is 5. The van der Waals surface area contributed by atoms with E-state index in [-0.39, 0.29) is 11.5 Å². The maximum absolute atomic E-state index is 12.4. The van der Waals surface area contributed by atoms with E-state index in [0.717, 1.165) is 0 Å². The van der Waals surface area contributed by atoms with Gasteiger partial charge in [0.2, 0.25) is 10.0 Å². The van der Waals surface area contributed by atoms with Crippen LogP contribution in [0.25, 0.3) is 0 Å². The Labute approximate surface area is 151 Å². The van der Waals surface area contributed by atoms with Gasteiger partial charge in [0.25, 0.3) is 5.91 Å². The molecule has 3 N–H and O–H groups in total. The van der Waals surface area contributed by atoms with Gasteiger partial charge >= 0.3 is 0 Å². The lowest BCUT2D eigenvalue weighted by molar-refractivity contribution is 0.102. The molecule has 10 nitrogen and oxygen atoms in total. The molecule has 3 rings (SSSR count). The average Bonchev–Trinajstić information content (AvgIpc) is 2.62. The summed E-state index contributed by atoms with van der Waals surface area (Å²) >= 11 is 0. The van der Waals surface area contributed by atoms with Crippen molar-refractivity contribution in [3.63, 3.8) is 0 Å². The van der Waals surface area contributed by atoms with E-state index in [1.54, 1.807) is 24.4 Å². The normalized spacial score (nSPS) is 15.7. The molecule has 0 aliphatic carbocycles. The largest absolute Gasteiger partial charge is 0.382 e. The lowest BCUT2D eigenvalue weighted by Gasteiger charge is -2.33. The Morgan fingerprint density at radius 2 is 1.92 bits per heavy atom. The predicted molar refractivity (Wildman–Crippen MR) is 97.3 cm³/mol. The molecule has 0 radical (unpaired) electrons. The lowest BCUT2D eigenvalue weighted by Crippen LogP contribution is -2.48. The second-order valence-electron chi connectivity index (χ2n) is 5.78. The van der Waals surface area contributed by atoms with Crippen LogP contribution >= 0.6 is 0 Å². The maximum Gasteiger partial charge on any atom is 0.279 e. The van der Waals surface area contributed by atoms with Gasteiger partial charge in [-0.15, -0.1) is 0 Å². The van der Waals surface area contributed by atoms with Crippen LogP contribution in [0.1, 0.15) is 10.5 Å². The van der Waals surface area contributed by atoms with Gasteiger partial charge in [0.05, 0.1) is 12.5 Å². The van der Waals surface area contributed by atoms with Gasteiger partial charge in [-0.3, -0.25) is 4.79 Å². The number of hydrogen-bond acceptors (Lipinski definition) is 8. The number of carbonyl (C=O) groups is 1. The Bertz CT molecular complexity index is 897. The third-order valence-electron chi connectivity index (χ3n) is 3.94. The number of sulfonamides is 1. The van der Waals surface area contributed by atoms with E-state index in [0.29, 0.717) is 37.8 Å². The first-order valence-electron chi connectivity index (χ1n) is 7.89. The number of rotatable bonds is 4. The van der Waals surface area contributed by atoms with Crippen LogP contribution in [-0.4, -0.2) is 66.0 Å². The van der Waals surface area contributed by atoms with Gasteiger partial charge in [-0.25, -0.2) is 23.4 Å². The molecule has 1 amide bonds. The van der Waals surface area contributed by atoms with E-state index in [2.05, 4.69) is 20.3 Å². The SMILES string of the molecule is CS(=O)(=O)N1CCN(c2cnc(N)c(C(=O)Nc3ccccn3)n2)CC1. The zero-order chi connectivity index (χ0) is 18.7. The maximum atomic E-state index is 12.4. The fourth-order valence-corrected chi connectivity index (χ4v) is 3.40. The van der Waals surface area contributed by atoms with Gasteiger partial charge in [0.1, 0.15) is 11.6 Å². The molecule has 0 aromatic carbocycles. The predicted octanol–water partition coefficient (Wildman–Crippen LogP) is -0.212. The number of carbonyl (C=O) groups excluding carboxylic acids is 1. The Kier molecular flexibility index (Phi) is 5.00. The van der Waals surface area contributed by atoms with Crippen molar-refractivity contribution in [1.82, 2.24) is 19.3 Å². The minimum atomic E-state index is -3.21. The van der Waals surface area contributed by atoms with Crippen molar-refractivity contribution >= 4 is 33.4 Å². The Morgan fingerprint density at radius 3 is 2.54 bits per heavy atom. The molecule has 0 unspecified atom stereocenters. The average molecular weight is 377 g/mol. The molecule has 1 fully saturated rings. The summed E-state index contributed by atoms with van der Waals surface area (Å²) in [6.07, 6.45) is 4.22. The summed E-state index contributed by atoms with van der Waals surface area (Å²) in [5.74, 6) is 0.353. The highest BCUT2D eigenvalue weighted by molar-refractivity contribution is 7.88. The van der Waals surface area contributed by atoms with Crippen LogP contribution in [0.15, 0.2) is 30.6 Å². The number of nitrogen functional groups attached to an aromatic ring is 1. The van der Waals surface area contributed by atoms with E-state index in [1.165, 1.54) is 16.8 Å². The lowest BCUT2D eigenvalue weighted by atomic mass is 10.3. The van der Waals surface area contributed by atoms with E-state index in [4.69, 9.17) is 5.73 Å². The van der Waals surface area contributed by atoms with Crippen molar-refractivity contribution < 1.29 is 13.2 Å². The summed E-state index contributed by atoms with van der Waals surface area (Å²) < 4.78 is 24.6. The first kappa shape index (κ1) is 18.0. The molecule has 26 heavy (non-hydrogen) atoms. The number of piperazine rings is 1. The van der Waals surface area contributed by atoms with Gasteiger partial charge in [-0.1, -0.05) is 6.07 Å². The second kappa shape index (κ2) is 7.22. The van der Waals surface area contributed by atoms with Crippen molar-refractivity contribution in [2.45, 2.75) is 0 Å². The van der Waals surface area contributed by atoms with E-state index in [1.807, 2.05) is 4.90 Å². The third kappa shape index (κ3) is 4.06. The first-order valence-corrected chi connectivity index (χ1v) is 9.74. The molecular formula is C15H19N7O3S. The molecule has 0 bridgehead atoms. The second-order valence-corrected chi connectivity index (χ2v) is 7.76. The highest BCUT2D eigenvalue weighted by Gasteiger charge is 2.25. The summed E-state index contributed by atoms with van der Waals surface area (Å²) in [7, 11) is -3.21. The van der Waals surface area contributed by atoms with Gasteiger partial charge in [0.15, 0.2) is 11.5 Å². The number of nitrogens with two attached hydrogens (primary N) is 1. The molecule has 11 heteroatoms. The van der Waals surface area contributed by atoms with Crippen molar-refractivity contribution in [3.8, 4) is 0 Å². The topological polar surface area (TPSA) is 134 Å². The molecule has 3 heterocycles. The van der Waals surface area contributed by atoms with Gasteiger partial charge in [-0.05, 0) is 12.1 Å². The molecule has 1 saturated heterocycles. The fraction of sp³-hybridized carbons (Fsp3) is 0.333. The molecule has 0 saturated carbocycles. The Hall–Kier alpha value is -2.79. The first-order chi connectivity index (χ1) is 12.3. The molecular weight excluding hydrogens is 358 g/mol. The van der Waals surface area contributed by atoms with Crippen molar-refractivity contribution in [3.05, 3.63) is 36.3 Å². The monoisotopic (exact) mass is 377 g/mol. The van der Waals surface area contributed by atoms with Crippen LogP contribution in [0.3, 0.4) is 0 Å². The minimum absolute atomic E-state index is 0.00121. The van der Waals surface area contributed by atoms with Gasteiger partial charge < -0.3 is 16.0 Å². The Balaban J connectivity index is 1.75. The smallest absolute Gasteiger partial charge is 0.279 e. The minimum Gasteiger partial charge on any atom is -0.382 e. The summed E-state index contributed by atoms with van der Waals surface area (Å²) in [6.45, 7) is 1.60. The highest BCUT2D eigenvalue weighted by atomic mass is 32.2. The summed E-state index contributed by atoms with van der Waals surface area (Å²) in [5.41, 5.74) is 5.79. The quantitative estimate of drug-likeness (QED) is 0.747. The van der Waals surface area contributed by atoms with Crippen LogP contribution in [0.4, 0.5) is 17.5 Å². The summed E-state index contributed by atoms with van der Waals surface area (Å²) in [6, 6.07) is 5.13. The number of anilines is 3. The number of nitrogens with one attached hydrogen (secondary N) is 1. The van der Waals surface area contributed by atoms with Crippen LogP contribution in [0.2, 0.25) is 0 Å². The fourth-order valence-electron chi connectivity index (χ4n) is 2.57. The standard InChI is InChI=1S/C15H19N7O3S/c1-26(24,25)22-8-6-21(7-9-22)12-10-18-14(16)13(20-12)15(23)19-11-4-2-3-5-17-11/h2-5,10H,6-9H2,1H3,(H2,16,18)(H,17,19,23). The number of pyridine rings is 1. The Morgan fingerprint density at radius 1 is 1.19 bits per heavy atom. The molecule has 0 atom stereocenters.